The highest BCUT2D eigenvalue weighted by molar-refractivity contribution is 6.09. The van der Waals surface area contributed by atoms with E-state index in [0.717, 1.165) is 88.5 Å². The summed E-state index contributed by atoms with van der Waals surface area (Å²) in [7, 11) is 1.75. The van der Waals surface area contributed by atoms with Crippen molar-refractivity contribution in [2.24, 2.45) is 10.7 Å². The quantitative estimate of drug-likeness (QED) is 0.208. The van der Waals surface area contributed by atoms with Gasteiger partial charge in [0, 0.05) is 56.7 Å². The third-order valence-corrected chi connectivity index (χ3v) is 8.81. The largest absolute Gasteiger partial charge is 0.493 e. The minimum atomic E-state index is 0. The summed E-state index contributed by atoms with van der Waals surface area (Å²) >= 11 is 0. The average Bonchev–Trinajstić information content (AvgIpc) is 3.38. The lowest BCUT2D eigenvalue weighted by atomic mass is 9.97. The maximum atomic E-state index is 6.59. The van der Waals surface area contributed by atoms with Crippen LogP contribution in [0.5, 0.6) is 11.6 Å². The number of aliphatic imine (C=N–C) groups is 1. The fourth-order valence-corrected chi connectivity index (χ4v) is 6.20. The zero-order chi connectivity index (χ0) is 31.5. The molecule has 2 N–H and O–H groups in total. The standard InChI is InChI=1S/C38H39N5O3.H2/c1-25-8-13-34-35(17-25)43(23-32-14-16-44-32)37(41-34)20-29-11-10-28-19-36(29)45-15-4-5-26-18-27(31(21-39)22-40-2)9-12-30(26)24-46-38-7-3-6-33(28)42-38;/h3,6-13,17-19,21-22,32H,4-5,14-16,20,23-24,39H2,1-2H3;1H/b31-21+,40-22?;. The van der Waals surface area contributed by atoms with Gasteiger partial charge in [0.2, 0.25) is 5.88 Å². The topological polar surface area (TPSA) is 96.8 Å². The molecule has 236 valence electrons. The summed E-state index contributed by atoms with van der Waals surface area (Å²) in [6, 6.07) is 25.1. The molecular formula is C38H41N5O3. The molecule has 46 heavy (non-hydrogen) atoms. The van der Waals surface area contributed by atoms with Gasteiger partial charge in [0.05, 0.1) is 36.0 Å². The number of hydrogen-bond donors (Lipinski definition) is 1. The average molecular weight is 616 g/mol. The number of nitrogens with zero attached hydrogens (tertiary/aromatic N) is 4. The van der Waals surface area contributed by atoms with Crippen molar-refractivity contribution in [3.8, 4) is 22.9 Å². The second-order valence-corrected chi connectivity index (χ2v) is 12.0. The molecule has 1 atom stereocenters. The third-order valence-electron chi connectivity index (χ3n) is 8.81. The van der Waals surface area contributed by atoms with Crippen LogP contribution in [0.25, 0.3) is 27.9 Å². The van der Waals surface area contributed by atoms with E-state index in [1.807, 2.05) is 18.2 Å². The summed E-state index contributed by atoms with van der Waals surface area (Å²) < 4.78 is 21.0. The van der Waals surface area contributed by atoms with E-state index in [1.165, 1.54) is 11.1 Å². The molecule has 2 aromatic heterocycles. The van der Waals surface area contributed by atoms with Crippen LogP contribution in [-0.2, 0) is 30.7 Å². The Morgan fingerprint density at radius 1 is 1.02 bits per heavy atom. The van der Waals surface area contributed by atoms with Crippen molar-refractivity contribution < 1.29 is 15.6 Å². The van der Waals surface area contributed by atoms with E-state index in [1.54, 1.807) is 19.5 Å². The SMILES string of the molecule is CN=C/C(=C\N)c1ccc2c(c1)CCCOc1cc(ccc1Cc1nc3ccc(C)cc3n1CC1CCO1)-c1cccc(n1)OC2.[HH]. The number of benzene rings is 3. The summed E-state index contributed by atoms with van der Waals surface area (Å²) in [5.74, 6) is 2.44. The highest BCUT2D eigenvalue weighted by Gasteiger charge is 2.23. The van der Waals surface area contributed by atoms with E-state index in [9.17, 15) is 0 Å². The molecule has 4 bridgehead atoms. The van der Waals surface area contributed by atoms with Crippen LogP contribution in [-0.4, -0.2) is 47.1 Å². The molecule has 2 aliphatic rings. The minimum absolute atomic E-state index is 0. The van der Waals surface area contributed by atoms with Crippen LogP contribution in [0.15, 0.2) is 84.0 Å². The lowest BCUT2D eigenvalue weighted by molar-refractivity contribution is -0.0589. The van der Waals surface area contributed by atoms with Gasteiger partial charge >= 0.3 is 0 Å². The molecule has 0 radical (unpaired) electrons. The van der Waals surface area contributed by atoms with E-state index in [0.29, 0.717) is 25.5 Å². The first-order chi connectivity index (χ1) is 22.6. The number of rotatable bonds is 6. The van der Waals surface area contributed by atoms with E-state index in [2.05, 4.69) is 71.1 Å². The van der Waals surface area contributed by atoms with Crippen LogP contribution in [0.1, 0.15) is 47.9 Å². The number of pyridine rings is 1. The Morgan fingerprint density at radius 2 is 1.93 bits per heavy atom. The zero-order valence-corrected chi connectivity index (χ0v) is 26.4. The molecule has 1 saturated heterocycles. The van der Waals surface area contributed by atoms with Gasteiger partial charge in [0.1, 0.15) is 18.2 Å². The number of allylic oxidation sites excluding steroid dienone is 1. The molecule has 0 saturated carbocycles. The molecule has 5 aromatic rings. The second kappa shape index (κ2) is 13.2. The van der Waals surface area contributed by atoms with Gasteiger partial charge in [-0.15, -0.1) is 0 Å². The predicted octanol–water partition coefficient (Wildman–Crippen LogP) is 6.94. The van der Waals surface area contributed by atoms with Gasteiger partial charge < -0.3 is 24.5 Å². The fourth-order valence-electron chi connectivity index (χ4n) is 6.20. The Morgan fingerprint density at radius 3 is 2.76 bits per heavy atom. The maximum absolute atomic E-state index is 6.59. The second-order valence-electron chi connectivity index (χ2n) is 12.0. The summed E-state index contributed by atoms with van der Waals surface area (Å²) in [4.78, 5) is 14.1. The molecule has 0 spiro atoms. The fraction of sp³-hybridized carbons (Fsp3) is 0.289. The smallest absolute Gasteiger partial charge is 0.214 e. The Labute approximate surface area is 271 Å². The van der Waals surface area contributed by atoms with Gasteiger partial charge in [-0.25, -0.2) is 9.97 Å². The van der Waals surface area contributed by atoms with Crippen LogP contribution in [0.2, 0.25) is 0 Å². The molecule has 1 unspecified atom stereocenters. The number of ether oxygens (including phenoxy) is 3. The van der Waals surface area contributed by atoms with Crippen molar-refractivity contribution in [1.82, 2.24) is 14.5 Å². The molecule has 8 heteroatoms. The van der Waals surface area contributed by atoms with Crippen LogP contribution < -0.4 is 15.2 Å². The Bertz CT molecular complexity index is 1950. The number of imidazole rings is 1. The summed E-state index contributed by atoms with van der Waals surface area (Å²) in [6.45, 7) is 4.74. The van der Waals surface area contributed by atoms with Crippen molar-refractivity contribution >= 4 is 22.8 Å². The van der Waals surface area contributed by atoms with Gasteiger partial charge in [-0.05, 0) is 72.7 Å². The Hall–Kier alpha value is -4.95. The van der Waals surface area contributed by atoms with E-state index < -0.39 is 0 Å². The van der Waals surface area contributed by atoms with Gasteiger partial charge in [-0.3, -0.25) is 4.99 Å². The summed E-state index contributed by atoms with van der Waals surface area (Å²) in [5, 5.41) is 0. The molecule has 8 nitrogen and oxygen atoms in total. The van der Waals surface area contributed by atoms with Crippen molar-refractivity contribution in [1.29, 1.82) is 0 Å². The Balaban J connectivity index is 0.00000386. The Kier molecular flexibility index (Phi) is 8.53. The highest BCUT2D eigenvalue weighted by Crippen LogP contribution is 2.32. The molecule has 3 aromatic carbocycles. The van der Waals surface area contributed by atoms with Crippen LogP contribution in [0, 0.1) is 6.92 Å². The molecular weight excluding hydrogens is 574 g/mol. The summed E-state index contributed by atoms with van der Waals surface area (Å²) in [5.41, 5.74) is 16.4. The molecule has 1 fully saturated rings. The van der Waals surface area contributed by atoms with Crippen molar-refractivity contribution in [2.45, 2.75) is 51.9 Å². The molecule has 2 aliphatic heterocycles. The molecule has 0 aliphatic carbocycles. The first kappa shape index (κ1) is 29.7. The van der Waals surface area contributed by atoms with Crippen molar-refractivity contribution in [3.63, 3.8) is 0 Å². The van der Waals surface area contributed by atoms with Gasteiger partial charge in [-0.1, -0.05) is 42.5 Å². The van der Waals surface area contributed by atoms with Crippen LogP contribution in [0.3, 0.4) is 0 Å². The first-order valence-corrected chi connectivity index (χ1v) is 16.0. The van der Waals surface area contributed by atoms with E-state index >= 15 is 0 Å². The van der Waals surface area contributed by atoms with Crippen LogP contribution in [0.4, 0.5) is 0 Å². The van der Waals surface area contributed by atoms with E-state index in [-0.39, 0.29) is 7.53 Å². The first-order valence-electron chi connectivity index (χ1n) is 16.0. The monoisotopic (exact) mass is 615 g/mol. The minimum Gasteiger partial charge on any atom is -0.493 e. The highest BCUT2D eigenvalue weighted by atomic mass is 16.5. The normalized spacial score (nSPS) is 16.7. The number of fused-ring (bicyclic) bond motifs is 7. The van der Waals surface area contributed by atoms with Gasteiger partial charge in [-0.2, -0.15) is 0 Å². The number of hydrogen-bond acceptors (Lipinski definition) is 7. The number of aryl methyl sites for hydroxylation is 2. The van der Waals surface area contributed by atoms with Gasteiger partial charge in [0.15, 0.2) is 0 Å². The van der Waals surface area contributed by atoms with Gasteiger partial charge in [0.25, 0.3) is 0 Å². The summed E-state index contributed by atoms with van der Waals surface area (Å²) in [6.07, 6.45) is 6.98. The lowest BCUT2D eigenvalue weighted by Gasteiger charge is -2.27. The molecule has 0 amide bonds. The van der Waals surface area contributed by atoms with Crippen LogP contribution >= 0.6 is 0 Å². The molecule has 7 rings (SSSR count). The van der Waals surface area contributed by atoms with E-state index in [4.69, 9.17) is 29.9 Å². The number of nitrogens with two attached hydrogens (primary N) is 1. The number of aromatic nitrogens is 3. The van der Waals surface area contributed by atoms with Crippen molar-refractivity contribution in [2.75, 3.05) is 20.3 Å². The van der Waals surface area contributed by atoms with Crippen molar-refractivity contribution in [3.05, 3.63) is 113 Å². The lowest BCUT2D eigenvalue weighted by Crippen LogP contribution is -2.31. The predicted molar refractivity (Wildman–Crippen MR) is 185 cm³/mol. The maximum Gasteiger partial charge on any atom is 0.214 e. The molecule has 4 heterocycles. The third kappa shape index (κ3) is 6.26. The zero-order valence-electron chi connectivity index (χ0n) is 26.4.